The number of nitrogens with zero attached hydrogens (tertiary/aromatic N) is 3. The van der Waals surface area contributed by atoms with E-state index in [9.17, 15) is 9.59 Å². The molecule has 20 heavy (non-hydrogen) atoms. The Morgan fingerprint density at radius 1 is 1.30 bits per heavy atom. The first-order valence-corrected chi connectivity index (χ1v) is 6.40. The molecule has 0 fully saturated rings. The van der Waals surface area contributed by atoms with Crippen LogP contribution in [0.3, 0.4) is 0 Å². The quantitative estimate of drug-likeness (QED) is 0.873. The lowest BCUT2D eigenvalue weighted by Crippen LogP contribution is -2.35. The van der Waals surface area contributed by atoms with Crippen LogP contribution in [0.2, 0.25) is 5.15 Å². The third kappa shape index (κ3) is 5.04. The summed E-state index contributed by atoms with van der Waals surface area (Å²) in [6, 6.07) is -0.617. The molecule has 1 aromatic rings. The van der Waals surface area contributed by atoms with Gasteiger partial charge < -0.3 is 10.1 Å². The number of nitrogens with one attached hydrogen (secondary N) is 2. The lowest BCUT2D eigenvalue weighted by molar-refractivity contribution is 0.0635. The average molecular weight is 304 g/mol. The standard InChI is InChI=1S/C11H18ClN5O3/c1-6(2)13-9(18)17-15-7(12)8(16-17)14-10(19)20-11(3,4)5/h6H,1-5H3,(H,13,18)(H,14,16,19). The molecule has 8 nitrogen and oxygen atoms in total. The second kappa shape index (κ2) is 6.08. The Morgan fingerprint density at radius 2 is 1.90 bits per heavy atom. The number of aromatic nitrogens is 3. The van der Waals surface area contributed by atoms with Gasteiger partial charge in [-0.05, 0) is 34.6 Å². The molecular weight excluding hydrogens is 286 g/mol. The first-order valence-electron chi connectivity index (χ1n) is 6.02. The monoisotopic (exact) mass is 303 g/mol. The van der Waals surface area contributed by atoms with E-state index in [2.05, 4.69) is 20.8 Å². The summed E-state index contributed by atoms with van der Waals surface area (Å²) in [6.45, 7) is 8.76. The van der Waals surface area contributed by atoms with Gasteiger partial charge in [-0.1, -0.05) is 16.4 Å². The lowest BCUT2D eigenvalue weighted by atomic mass is 10.2. The Kier molecular flexibility index (Phi) is 4.93. The van der Waals surface area contributed by atoms with Crippen molar-refractivity contribution in [3.63, 3.8) is 0 Å². The molecular formula is C11H18ClN5O3. The fourth-order valence-electron chi connectivity index (χ4n) is 1.16. The van der Waals surface area contributed by atoms with Crippen molar-refractivity contribution in [2.75, 3.05) is 5.32 Å². The maximum Gasteiger partial charge on any atom is 0.413 e. The molecule has 0 atom stereocenters. The van der Waals surface area contributed by atoms with Gasteiger partial charge in [-0.15, -0.1) is 10.2 Å². The van der Waals surface area contributed by atoms with Crippen LogP contribution in [0.25, 0.3) is 0 Å². The number of ether oxygens (including phenoxy) is 1. The minimum atomic E-state index is -0.726. The smallest absolute Gasteiger partial charge is 0.413 e. The summed E-state index contributed by atoms with van der Waals surface area (Å²) in [5, 5.41) is 12.3. The fraction of sp³-hybridized carbons (Fsp3) is 0.636. The Morgan fingerprint density at radius 3 is 2.40 bits per heavy atom. The number of carbonyl (C=O) groups is 2. The van der Waals surface area contributed by atoms with Gasteiger partial charge in [-0.2, -0.15) is 0 Å². The molecule has 1 heterocycles. The van der Waals surface area contributed by atoms with Crippen LogP contribution in [-0.4, -0.2) is 38.8 Å². The van der Waals surface area contributed by atoms with E-state index < -0.39 is 17.7 Å². The van der Waals surface area contributed by atoms with E-state index in [4.69, 9.17) is 16.3 Å². The fourth-order valence-corrected chi connectivity index (χ4v) is 1.32. The van der Waals surface area contributed by atoms with E-state index >= 15 is 0 Å². The van der Waals surface area contributed by atoms with Crippen molar-refractivity contribution in [3.8, 4) is 0 Å². The van der Waals surface area contributed by atoms with Gasteiger partial charge in [0.25, 0.3) is 0 Å². The Labute approximate surface area is 121 Å². The van der Waals surface area contributed by atoms with E-state index in [-0.39, 0.29) is 17.0 Å². The largest absolute Gasteiger partial charge is 0.444 e. The van der Waals surface area contributed by atoms with Gasteiger partial charge >= 0.3 is 12.1 Å². The van der Waals surface area contributed by atoms with Crippen LogP contribution in [0.1, 0.15) is 34.6 Å². The van der Waals surface area contributed by atoms with Gasteiger partial charge in [0.15, 0.2) is 11.0 Å². The number of rotatable bonds is 2. The average Bonchev–Trinajstić information content (AvgIpc) is 2.56. The zero-order valence-corrected chi connectivity index (χ0v) is 12.8. The van der Waals surface area contributed by atoms with Gasteiger partial charge in [0.05, 0.1) is 0 Å². The number of halogens is 1. The van der Waals surface area contributed by atoms with E-state index in [0.29, 0.717) is 0 Å². The third-order valence-electron chi connectivity index (χ3n) is 1.79. The Bertz CT molecular complexity index is 507. The molecule has 0 spiro atoms. The summed E-state index contributed by atoms with van der Waals surface area (Å²) in [5.74, 6) is -0.0418. The molecule has 0 unspecified atom stereocenters. The zero-order chi connectivity index (χ0) is 15.5. The van der Waals surface area contributed by atoms with Crippen LogP contribution < -0.4 is 10.6 Å². The SMILES string of the molecule is CC(C)NC(=O)n1nc(Cl)c(NC(=O)OC(C)(C)C)n1. The second-order valence-electron chi connectivity index (χ2n) is 5.36. The number of anilines is 1. The van der Waals surface area contributed by atoms with Gasteiger partial charge in [-0.25, -0.2) is 9.59 Å². The summed E-state index contributed by atoms with van der Waals surface area (Å²) in [5.41, 5.74) is -0.651. The number of amides is 2. The summed E-state index contributed by atoms with van der Waals surface area (Å²) in [6.07, 6.45) is -0.726. The molecule has 0 radical (unpaired) electrons. The molecule has 0 aromatic carbocycles. The predicted molar refractivity (Wildman–Crippen MR) is 74.0 cm³/mol. The van der Waals surface area contributed by atoms with Crippen molar-refractivity contribution in [1.82, 2.24) is 20.3 Å². The van der Waals surface area contributed by atoms with Crippen LogP contribution >= 0.6 is 11.6 Å². The highest BCUT2D eigenvalue weighted by molar-refractivity contribution is 6.32. The minimum Gasteiger partial charge on any atom is -0.444 e. The first kappa shape index (κ1) is 16.2. The molecule has 9 heteroatoms. The van der Waals surface area contributed by atoms with Crippen molar-refractivity contribution < 1.29 is 14.3 Å². The maximum absolute atomic E-state index is 11.7. The molecule has 1 rings (SSSR count). The molecule has 0 saturated carbocycles. The van der Waals surface area contributed by atoms with Gasteiger partial charge in [0, 0.05) is 6.04 Å². The van der Waals surface area contributed by atoms with Crippen LogP contribution in [0, 0.1) is 0 Å². The molecule has 0 bridgehead atoms. The van der Waals surface area contributed by atoms with Crippen LogP contribution in [0.15, 0.2) is 0 Å². The zero-order valence-electron chi connectivity index (χ0n) is 12.0. The Hall–Kier alpha value is -1.83. The number of hydrogen-bond acceptors (Lipinski definition) is 5. The highest BCUT2D eigenvalue weighted by Crippen LogP contribution is 2.17. The third-order valence-corrected chi connectivity index (χ3v) is 2.04. The molecule has 0 aliphatic heterocycles. The van der Waals surface area contributed by atoms with Crippen molar-refractivity contribution in [1.29, 1.82) is 0 Å². The minimum absolute atomic E-state index is 0.0418. The number of carbonyl (C=O) groups excluding carboxylic acids is 2. The summed E-state index contributed by atoms with van der Waals surface area (Å²) in [4.78, 5) is 24.0. The summed E-state index contributed by atoms with van der Waals surface area (Å²) < 4.78 is 5.04. The van der Waals surface area contributed by atoms with Crippen LogP contribution in [-0.2, 0) is 4.74 Å². The van der Waals surface area contributed by atoms with Crippen molar-refractivity contribution in [3.05, 3.63) is 5.15 Å². The highest BCUT2D eigenvalue weighted by atomic mass is 35.5. The van der Waals surface area contributed by atoms with Crippen LogP contribution in [0.4, 0.5) is 15.4 Å². The van der Waals surface area contributed by atoms with Crippen molar-refractivity contribution >= 4 is 29.5 Å². The van der Waals surface area contributed by atoms with E-state index in [1.165, 1.54) is 0 Å². The van der Waals surface area contributed by atoms with Crippen molar-refractivity contribution in [2.24, 2.45) is 0 Å². The Balaban J connectivity index is 2.76. The topological polar surface area (TPSA) is 98.1 Å². The van der Waals surface area contributed by atoms with Crippen LogP contribution in [0.5, 0.6) is 0 Å². The molecule has 2 amide bonds. The van der Waals surface area contributed by atoms with Gasteiger partial charge in [0.2, 0.25) is 0 Å². The molecule has 0 saturated heterocycles. The molecule has 1 aromatic heterocycles. The van der Waals surface area contributed by atoms with E-state index in [1.807, 2.05) is 0 Å². The van der Waals surface area contributed by atoms with Gasteiger partial charge in [0.1, 0.15) is 5.60 Å². The predicted octanol–water partition coefficient (Wildman–Crippen LogP) is 2.24. The van der Waals surface area contributed by atoms with Gasteiger partial charge in [-0.3, -0.25) is 5.32 Å². The van der Waals surface area contributed by atoms with Crippen molar-refractivity contribution in [2.45, 2.75) is 46.3 Å². The first-order chi connectivity index (χ1) is 9.08. The molecule has 0 aliphatic rings. The lowest BCUT2D eigenvalue weighted by Gasteiger charge is -2.18. The highest BCUT2D eigenvalue weighted by Gasteiger charge is 2.20. The number of hydrogen-bond donors (Lipinski definition) is 2. The summed E-state index contributed by atoms with van der Waals surface area (Å²) in [7, 11) is 0. The molecule has 0 aliphatic carbocycles. The van der Waals surface area contributed by atoms with E-state index in [1.54, 1.807) is 34.6 Å². The molecule has 2 N–H and O–H groups in total. The molecule has 112 valence electrons. The summed E-state index contributed by atoms with van der Waals surface area (Å²) >= 11 is 5.80. The maximum atomic E-state index is 11.7. The normalized spacial score (nSPS) is 11.3. The van der Waals surface area contributed by atoms with E-state index in [0.717, 1.165) is 4.80 Å². The second-order valence-corrected chi connectivity index (χ2v) is 5.72.